The Hall–Kier alpha value is -1.55. The number of hydrogen-bond acceptors (Lipinski definition) is 3. The van der Waals surface area contributed by atoms with Crippen molar-refractivity contribution in [3.05, 3.63) is 29.7 Å². The van der Waals surface area contributed by atoms with E-state index in [0.717, 1.165) is 29.2 Å². The van der Waals surface area contributed by atoms with Gasteiger partial charge >= 0.3 is 0 Å². The SMILES string of the molecule is COc1cccn2c(C)c(CCN)nc12. The molecule has 0 bridgehead atoms. The molecule has 2 aromatic heterocycles. The van der Waals surface area contributed by atoms with Gasteiger partial charge in [0.1, 0.15) is 0 Å². The Kier molecular flexibility index (Phi) is 2.60. The van der Waals surface area contributed by atoms with E-state index in [2.05, 4.69) is 4.98 Å². The van der Waals surface area contributed by atoms with Gasteiger partial charge in [0.2, 0.25) is 0 Å². The lowest BCUT2D eigenvalue weighted by Gasteiger charge is -2.01. The molecule has 0 radical (unpaired) electrons. The molecule has 0 unspecified atom stereocenters. The summed E-state index contributed by atoms with van der Waals surface area (Å²) in [5.74, 6) is 0.795. The standard InChI is InChI=1S/C11H15N3O/c1-8-9(5-6-12)13-11-10(15-2)4-3-7-14(8)11/h3-4,7H,5-6,12H2,1-2H3. The normalized spacial score (nSPS) is 10.9. The van der Waals surface area contributed by atoms with Crippen molar-refractivity contribution in [2.24, 2.45) is 5.73 Å². The van der Waals surface area contributed by atoms with Crippen molar-refractivity contribution in [1.82, 2.24) is 9.38 Å². The molecule has 0 aliphatic carbocycles. The molecule has 0 aliphatic rings. The number of hydrogen-bond donors (Lipinski definition) is 1. The summed E-state index contributed by atoms with van der Waals surface area (Å²) >= 11 is 0. The quantitative estimate of drug-likeness (QED) is 0.817. The zero-order chi connectivity index (χ0) is 10.8. The second-order valence-electron chi connectivity index (χ2n) is 3.45. The van der Waals surface area contributed by atoms with E-state index < -0.39 is 0 Å². The van der Waals surface area contributed by atoms with Crippen LogP contribution in [-0.4, -0.2) is 23.0 Å². The minimum atomic E-state index is 0.618. The third-order valence-corrected chi connectivity index (χ3v) is 2.55. The van der Waals surface area contributed by atoms with Gasteiger partial charge in [0.25, 0.3) is 0 Å². The molecule has 15 heavy (non-hydrogen) atoms. The maximum atomic E-state index is 5.54. The summed E-state index contributed by atoms with van der Waals surface area (Å²) in [6.07, 6.45) is 2.79. The topological polar surface area (TPSA) is 52.5 Å². The Morgan fingerprint density at radius 3 is 3.00 bits per heavy atom. The van der Waals surface area contributed by atoms with E-state index in [0.29, 0.717) is 6.54 Å². The fourth-order valence-electron chi connectivity index (χ4n) is 1.74. The summed E-state index contributed by atoms with van der Waals surface area (Å²) < 4.78 is 7.29. The van der Waals surface area contributed by atoms with Crippen LogP contribution in [0.1, 0.15) is 11.4 Å². The molecule has 0 atom stereocenters. The molecule has 0 saturated carbocycles. The van der Waals surface area contributed by atoms with Gasteiger partial charge in [-0.1, -0.05) is 0 Å². The number of methoxy groups -OCH3 is 1. The highest BCUT2D eigenvalue weighted by Crippen LogP contribution is 2.21. The third kappa shape index (κ3) is 1.57. The van der Waals surface area contributed by atoms with Gasteiger partial charge in [0, 0.05) is 18.3 Å². The summed E-state index contributed by atoms with van der Waals surface area (Å²) in [7, 11) is 1.65. The maximum Gasteiger partial charge on any atom is 0.180 e. The van der Waals surface area contributed by atoms with Crippen LogP contribution in [0.2, 0.25) is 0 Å². The van der Waals surface area contributed by atoms with E-state index in [-0.39, 0.29) is 0 Å². The smallest absolute Gasteiger partial charge is 0.180 e. The minimum absolute atomic E-state index is 0.618. The van der Waals surface area contributed by atoms with Gasteiger partial charge in [-0.2, -0.15) is 0 Å². The van der Waals surface area contributed by atoms with Crippen LogP contribution >= 0.6 is 0 Å². The van der Waals surface area contributed by atoms with Crippen LogP contribution in [-0.2, 0) is 6.42 Å². The molecule has 2 aromatic rings. The first-order chi connectivity index (χ1) is 7.27. The van der Waals surface area contributed by atoms with Crippen LogP contribution in [0.4, 0.5) is 0 Å². The fourth-order valence-corrected chi connectivity index (χ4v) is 1.74. The predicted octanol–water partition coefficient (Wildman–Crippen LogP) is 1.15. The second kappa shape index (κ2) is 3.90. The van der Waals surface area contributed by atoms with Crippen molar-refractivity contribution in [2.45, 2.75) is 13.3 Å². The van der Waals surface area contributed by atoms with Crippen LogP contribution in [0.25, 0.3) is 5.65 Å². The number of ether oxygens (including phenoxy) is 1. The van der Waals surface area contributed by atoms with Gasteiger partial charge in [-0.15, -0.1) is 0 Å². The minimum Gasteiger partial charge on any atom is -0.493 e. The maximum absolute atomic E-state index is 5.54. The van der Waals surface area contributed by atoms with Gasteiger partial charge in [-0.25, -0.2) is 4.98 Å². The van der Waals surface area contributed by atoms with Crippen molar-refractivity contribution in [1.29, 1.82) is 0 Å². The molecule has 2 N–H and O–H groups in total. The number of aryl methyl sites for hydroxylation is 1. The van der Waals surface area contributed by atoms with Crippen LogP contribution < -0.4 is 10.5 Å². The Balaban J connectivity index is 2.64. The first-order valence-electron chi connectivity index (χ1n) is 4.98. The molecule has 2 rings (SSSR count). The zero-order valence-corrected chi connectivity index (χ0v) is 9.03. The number of aromatic nitrogens is 2. The van der Waals surface area contributed by atoms with Gasteiger partial charge in [0.15, 0.2) is 11.4 Å². The van der Waals surface area contributed by atoms with E-state index in [4.69, 9.17) is 10.5 Å². The molecular weight excluding hydrogens is 190 g/mol. The molecular formula is C11H15N3O. The summed E-state index contributed by atoms with van der Waals surface area (Å²) in [5, 5.41) is 0. The van der Waals surface area contributed by atoms with Gasteiger partial charge < -0.3 is 14.9 Å². The van der Waals surface area contributed by atoms with Crippen molar-refractivity contribution in [2.75, 3.05) is 13.7 Å². The Bertz CT molecular complexity index is 476. The van der Waals surface area contributed by atoms with E-state index in [1.54, 1.807) is 7.11 Å². The lowest BCUT2D eigenvalue weighted by Crippen LogP contribution is -2.04. The van der Waals surface area contributed by atoms with Gasteiger partial charge in [-0.05, 0) is 25.6 Å². The third-order valence-electron chi connectivity index (χ3n) is 2.55. The molecule has 4 nitrogen and oxygen atoms in total. The van der Waals surface area contributed by atoms with E-state index in [1.165, 1.54) is 0 Å². The molecule has 0 saturated heterocycles. The summed E-state index contributed by atoms with van der Waals surface area (Å²) in [5.41, 5.74) is 8.58. The van der Waals surface area contributed by atoms with Crippen LogP contribution in [0.5, 0.6) is 5.75 Å². The number of imidazole rings is 1. The van der Waals surface area contributed by atoms with E-state index >= 15 is 0 Å². The monoisotopic (exact) mass is 205 g/mol. The molecule has 0 aliphatic heterocycles. The molecule has 0 spiro atoms. The average molecular weight is 205 g/mol. The van der Waals surface area contributed by atoms with Crippen LogP contribution in [0.15, 0.2) is 18.3 Å². The first kappa shape index (κ1) is 9.98. The van der Waals surface area contributed by atoms with Crippen molar-refractivity contribution in [3.63, 3.8) is 0 Å². The van der Waals surface area contributed by atoms with E-state index in [9.17, 15) is 0 Å². The summed E-state index contributed by atoms with van der Waals surface area (Å²) in [6, 6.07) is 3.86. The van der Waals surface area contributed by atoms with Crippen LogP contribution in [0, 0.1) is 6.92 Å². The number of nitrogens with zero attached hydrogens (tertiary/aromatic N) is 2. The molecule has 0 aromatic carbocycles. The predicted molar refractivity (Wildman–Crippen MR) is 59.2 cm³/mol. The van der Waals surface area contributed by atoms with E-state index in [1.807, 2.05) is 29.7 Å². The second-order valence-corrected chi connectivity index (χ2v) is 3.45. The molecule has 2 heterocycles. The lowest BCUT2D eigenvalue weighted by atomic mass is 10.2. The highest BCUT2D eigenvalue weighted by atomic mass is 16.5. The Morgan fingerprint density at radius 1 is 1.53 bits per heavy atom. The molecule has 0 amide bonds. The molecule has 0 fully saturated rings. The highest BCUT2D eigenvalue weighted by molar-refractivity contribution is 5.55. The summed E-state index contributed by atoms with van der Waals surface area (Å²) in [6.45, 7) is 2.66. The first-order valence-corrected chi connectivity index (χ1v) is 4.98. The van der Waals surface area contributed by atoms with Crippen LogP contribution in [0.3, 0.4) is 0 Å². The Morgan fingerprint density at radius 2 is 2.33 bits per heavy atom. The number of nitrogens with two attached hydrogens (primary N) is 1. The van der Waals surface area contributed by atoms with Crippen molar-refractivity contribution in [3.8, 4) is 5.75 Å². The Labute approximate surface area is 88.7 Å². The molecule has 80 valence electrons. The largest absolute Gasteiger partial charge is 0.493 e. The lowest BCUT2D eigenvalue weighted by molar-refractivity contribution is 0.417. The van der Waals surface area contributed by atoms with Crippen molar-refractivity contribution < 1.29 is 4.74 Å². The number of fused-ring (bicyclic) bond motifs is 1. The fraction of sp³-hybridized carbons (Fsp3) is 0.364. The zero-order valence-electron chi connectivity index (χ0n) is 9.03. The summed E-state index contributed by atoms with van der Waals surface area (Å²) in [4.78, 5) is 4.53. The number of pyridine rings is 1. The van der Waals surface area contributed by atoms with Gasteiger partial charge in [0.05, 0.1) is 12.8 Å². The number of rotatable bonds is 3. The highest BCUT2D eigenvalue weighted by Gasteiger charge is 2.10. The van der Waals surface area contributed by atoms with Crippen molar-refractivity contribution >= 4 is 5.65 Å². The average Bonchev–Trinajstić information content (AvgIpc) is 2.57. The van der Waals surface area contributed by atoms with Gasteiger partial charge in [-0.3, -0.25) is 0 Å². The molecule has 4 heteroatoms.